The first-order valence-corrected chi connectivity index (χ1v) is 12.7. The average molecular weight is 436 g/mol. The van der Waals surface area contributed by atoms with Crippen molar-refractivity contribution in [3.8, 4) is 0 Å². The van der Waals surface area contributed by atoms with Gasteiger partial charge in [0.1, 0.15) is 6.04 Å². The van der Waals surface area contributed by atoms with Crippen LogP contribution in [0.25, 0.3) is 0 Å². The van der Waals surface area contributed by atoms with E-state index in [2.05, 4.69) is 6.92 Å². The molecule has 1 aromatic rings. The largest absolute Gasteiger partial charge is 0.480 e. The van der Waals surface area contributed by atoms with Crippen LogP contribution in [-0.4, -0.2) is 28.8 Å². The molecular weight excluding hydrogens is 386 g/mol. The summed E-state index contributed by atoms with van der Waals surface area (Å²) < 4.78 is 0. The predicted molar refractivity (Wildman–Crippen MR) is 132 cm³/mol. The molecule has 1 unspecified atom stereocenters. The number of aliphatic carboxylic acids is 1. The maximum Gasteiger partial charge on any atom is 0.320 e. The Labute approximate surface area is 191 Å². The van der Waals surface area contributed by atoms with E-state index in [1.807, 2.05) is 30.3 Å². The summed E-state index contributed by atoms with van der Waals surface area (Å²) in [7, 11) is 0. The monoisotopic (exact) mass is 435 g/mol. The summed E-state index contributed by atoms with van der Waals surface area (Å²) in [6, 6.07) is 8.54. The molecule has 0 aliphatic carbocycles. The fraction of sp³-hybridized carbons (Fsp3) is 0.741. The van der Waals surface area contributed by atoms with Crippen molar-refractivity contribution in [3.63, 3.8) is 0 Å². The zero-order chi connectivity index (χ0) is 23.0. The molecule has 31 heavy (non-hydrogen) atoms. The molecule has 0 saturated carbocycles. The molecular formula is C27H49NO3. The molecule has 1 atom stereocenters. The second-order valence-corrected chi connectivity index (χ2v) is 8.66. The molecule has 0 bridgehead atoms. The summed E-state index contributed by atoms with van der Waals surface area (Å²) in [5, 5.41) is 17.2. The standard InChI is InChI=1S/C18H38O.C9H11NO2/c1-2-3-4-5-6-7-8-9-10-11-12-13-14-15-16-17-18-19;10-8(9(11)12)6-7-4-2-1-3-5-7/h19H,2-18H2,1H3;1-5,8H,6,10H2,(H,11,12). The van der Waals surface area contributed by atoms with Gasteiger partial charge in [-0.3, -0.25) is 4.79 Å². The van der Waals surface area contributed by atoms with E-state index in [4.69, 9.17) is 15.9 Å². The third-order valence-corrected chi connectivity index (χ3v) is 5.63. The Morgan fingerprint density at radius 3 is 1.48 bits per heavy atom. The Bertz CT molecular complexity index is 477. The Morgan fingerprint density at radius 1 is 0.742 bits per heavy atom. The first kappa shape index (κ1) is 29.6. The molecule has 4 heteroatoms. The predicted octanol–water partition coefficient (Wildman–Crippen LogP) is 6.88. The molecule has 0 amide bonds. The SMILES string of the molecule is CCCCCCCCCCCCCCCCCCO.NC(Cc1ccccc1)C(=O)O. The summed E-state index contributed by atoms with van der Waals surface area (Å²) in [6.07, 6.45) is 22.6. The molecule has 0 spiro atoms. The molecule has 0 aromatic heterocycles. The second-order valence-electron chi connectivity index (χ2n) is 8.66. The Kier molecular flexibility index (Phi) is 22.2. The van der Waals surface area contributed by atoms with Crippen molar-refractivity contribution in [3.05, 3.63) is 35.9 Å². The fourth-order valence-corrected chi connectivity index (χ4v) is 3.62. The summed E-state index contributed by atoms with van der Waals surface area (Å²) in [6.45, 7) is 2.66. The average Bonchev–Trinajstić information content (AvgIpc) is 2.77. The number of aliphatic hydroxyl groups is 1. The summed E-state index contributed by atoms with van der Waals surface area (Å²) in [5.74, 6) is -0.959. The number of hydrogen-bond donors (Lipinski definition) is 3. The van der Waals surface area contributed by atoms with Crippen LogP contribution in [0.15, 0.2) is 30.3 Å². The molecule has 0 saturated heterocycles. The Hall–Kier alpha value is -1.39. The summed E-state index contributed by atoms with van der Waals surface area (Å²) in [5.41, 5.74) is 6.30. The van der Waals surface area contributed by atoms with Gasteiger partial charge < -0.3 is 15.9 Å². The van der Waals surface area contributed by atoms with Crippen LogP contribution in [0, 0.1) is 0 Å². The lowest BCUT2D eigenvalue weighted by Crippen LogP contribution is -2.32. The molecule has 4 N–H and O–H groups in total. The number of aliphatic hydroxyl groups excluding tert-OH is 1. The number of carboxylic acid groups (broad SMARTS) is 1. The number of rotatable bonds is 19. The van der Waals surface area contributed by atoms with E-state index in [1.54, 1.807) is 0 Å². The van der Waals surface area contributed by atoms with Gasteiger partial charge in [-0.25, -0.2) is 0 Å². The number of benzene rings is 1. The van der Waals surface area contributed by atoms with Crippen LogP contribution in [0.5, 0.6) is 0 Å². The first-order chi connectivity index (χ1) is 15.1. The van der Waals surface area contributed by atoms with Crippen molar-refractivity contribution < 1.29 is 15.0 Å². The number of unbranched alkanes of at least 4 members (excludes halogenated alkanes) is 15. The van der Waals surface area contributed by atoms with Gasteiger partial charge in [-0.1, -0.05) is 134 Å². The van der Waals surface area contributed by atoms with Gasteiger partial charge >= 0.3 is 5.97 Å². The summed E-state index contributed by atoms with van der Waals surface area (Å²) >= 11 is 0. The first-order valence-electron chi connectivity index (χ1n) is 12.7. The minimum absolute atomic E-state index is 0.373. The highest BCUT2D eigenvalue weighted by Gasteiger charge is 2.10. The molecule has 180 valence electrons. The third-order valence-electron chi connectivity index (χ3n) is 5.63. The van der Waals surface area contributed by atoms with E-state index < -0.39 is 12.0 Å². The van der Waals surface area contributed by atoms with Gasteiger partial charge in [0.2, 0.25) is 0 Å². The van der Waals surface area contributed by atoms with Crippen LogP contribution in [0.4, 0.5) is 0 Å². The molecule has 0 radical (unpaired) electrons. The van der Waals surface area contributed by atoms with Gasteiger partial charge in [-0.05, 0) is 18.4 Å². The highest BCUT2D eigenvalue weighted by atomic mass is 16.4. The van der Waals surface area contributed by atoms with E-state index >= 15 is 0 Å². The minimum Gasteiger partial charge on any atom is -0.480 e. The zero-order valence-electron chi connectivity index (χ0n) is 20.1. The quantitative estimate of drug-likeness (QED) is 0.207. The number of nitrogens with two attached hydrogens (primary N) is 1. The lowest BCUT2D eigenvalue weighted by Gasteiger charge is -2.04. The molecule has 4 nitrogen and oxygen atoms in total. The van der Waals surface area contributed by atoms with Crippen LogP contribution < -0.4 is 5.73 Å². The van der Waals surface area contributed by atoms with Crippen molar-refractivity contribution in [1.29, 1.82) is 0 Å². The van der Waals surface area contributed by atoms with E-state index in [0.29, 0.717) is 13.0 Å². The van der Waals surface area contributed by atoms with E-state index in [9.17, 15) is 4.79 Å². The van der Waals surface area contributed by atoms with Crippen molar-refractivity contribution in [2.75, 3.05) is 6.61 Å². The van der Waals surface area contributed by atoms with Crippen molar-refractivity contribution in [2.45, 2.75) is 122 Å². The second kappa shape index (κ2) is 23.3. The van der Waals surface area contributed by atoms with Crippen molar-refractivity contribution in [2.24, 2.45) is 5.73 Å². The van der Waals surface area contributed by atoms with Crippen molar-refractivity contribution >= 4 is 5.97 Å². The lowest BCUT2D eigenvalue weighted by atomic mass is 10.0. The molecule has 1 aromatic carbocycles. The number of carbonyl (C=O) groups is 1. The Morgan fingerprint density at radius 2 is 1.13 bits per heavy atom. The van der Waals surface area contributed by atoms with Crippen LogP contribution in [0.2, 0.25) is 0 Å². The Balaban J connectivity index is 0.000000639. The van der Waals surface area contributed by atoms with Crippen molar-refractivity contribution in [1.82, 2.24) is 0 Å². The third kappa shape index (κ3) is 21.6. The highest BCUT2D eigenvalue weighted by Crippen LogP contribution is 2.13. The van der Waals surface area contributed by atoms with E-state index in [0.717, 1.165) is 12.0 Å². The van der Waals surface area contributed by atoms with E-state index in [-0.39, 0.29) is 0 Å². The zero-order valence-corrected chi connectivity index (χ0v) is 20.1. The molecule has 1 rings (SSSR count). The van der Waals surface area contributed by atoms with Crippen LogP contribution in [-0.2, 0) is 11.2 Å². The lowest BCUT2D eigenvalue weighted by molar-refractivity contribution is -0.138. The molecule has 0 heterocycles. The van der Waals surface area contributed by atoms with Gasteiger partial charge in [0.15, 0.2) is 0 Å². The van der Waals surface area contributed by atoms with Gasteiger partial charge in [0.05, 0.1) is 0 Å². The summed E-state index contributed by atoms with van der Waals surface area (Å²) in [4.78, 5) is 10.4. The number of carboxylic acids is 1. The van der Waals surface area contributed by atoms with Crippen LogP contribution in [0.3, 0.4) is 0 Å². The maximum atomic E-state index is 10.4. The topological polar surface area (TPSA) is 83.5 Å². The fourth-order valence-electron chi connectivity index (χ4n) is 3.62. The van der Waals surface area contributed by atoms with Crippen LogP contribution >= 0.6 is 0 Å². The van der Waals surface area contributed by atoms with Crippen LogP contribution in [0.1, 0.15) is 115 Å². The van der Waals surface area contributed by atoms with E-state index in [1.165, 1.54) is 96.3 Å². The maximum absolute atomic E-state index is 10.4. The van der Waals surface area contributed by atoms with Gasteiger partial charge in [0, 0.05) is 6.61 Å². The number of hydrogen-bond acceptors (Lipinski definition) is 3. The molecule has 0 aliphatic rings. The molecule has 0 fully saturated rings. The van der Waals surface area contributed by atoms with Gasteiger partial charge in [0.25, 0.3) is 0 Å². The molecule has 0 aliphatic heterocycles. The normalized spacial score (nSPS) is 11.6. The van der Waals surface area contributed by atoms with Gasteiger partial charge in [-0.2, -0.15) is 0 Å². The smallest absolute Gasteiger partial charge is 0.320 e. The highest BCUT2D eigenvalue weighted by molar-refractivity contribution is 5.73. The van der Waals surface area contributed by atoms with Gasteiger partial charge in [-0.15, -0.1) is 0 Å². The minimum atomic E-state index is -0.959.